The summed E-state index contributed by atoms with van der Waals surface area (Å²) in [7, 11) is 1.96. The predicted molar refractivity (Wildman–Crippen MR) is 79.0 cm³/mol. The lowest BCUT2D eigenvalue weighted by molar-refractivity contribution is 0.0817. The van der Waals surface area contributed by atoms with E-state index in [2.05, 4.69) is 15.1 Å². The molecule has 1 saturated heterocycles. The minimum absolute atomic E-state index is 0.0634. The van der Waals surface area contributed by atoms with Crippen molar-refractivity contribution in [1.29, 1.82) is 0 Å². The summed E-state index contributed by atoms with van der Waals surface area (Å²) < 4.78 is 13.0. The number of aromatic nitrogens is 2. The highest BCUT2D eigenvalue weighted by Gasteiger charge is 2.29. The first kappa shape index (κ1) is 14.5. The van der Waals surface area contributed by atoms with E-state index in [-0.39, 0.29) is 11.9 Å². The lowest BCUT2D eigenvalue weighted by Crippen LogP contribution is -2.48. The summed E-state index contributed by atoms with van der Waals surface area (Å²) in [5.41, 5.74) is 2.39. The Morgan fingerprint density at radius 3 is 2.77 bits per heavy atom. The lowest BCUT2D eigenvalue weighted by Gasteiger charge is -2.37. The molecule has 0 saturated carbocycles. The summed E-state index contributed by atoms with van der Waals surface area (Å²) in [4.78, 5) is 14.6. The average molecular weight is 304 g/mol. The molecule has 1 aromatic carbocycles. The maximum Gasteiger partial charge on any atom is 0.407 e. The van der Waals surface area contributed by atoms with Gasteiger partial charge in [0.15, 0.2) is 0 Å². The second kappa shape index (κ2) is 5.76. The van der Waals surface area contributed by atoms with Crippen molar-refractivity contribution < 1.29 is 14.3 Å². The molecule has 1 aromatic heterocycles. The molecule has 0 aliphatic carbocycles. The smallest absolute Gasteiger partial charge is 0.407 e. The van der Waals surface area contributed by atoms with Crippen LogP contribution >= 0.6 is 0 Å². The molecule has 0 spiro atoms. The highest BCUT2D eigenvalue weighted by Crippen LogP contribution is 2.26. The number of aromatic amines is 1. The molecular formula is C15H17FN4O2. The molecule has 1 unspecified atom stereocenters. The molecule has 0 radical (unpaired) electrons. The zero-order chi connectivity index (χ0) is 15.7. The third-order valence-electron chi connectivity index (χ3n) is 4.02. The van der Waals surface area contributed by atoms with Crippen molar-refractivity contribution in [3.05, 3.63) is 41.8 Å². The van der Waals surface area contributed by atoms with Gasteiger partial charge in [-0.1, -0.05) is 0 Å². The monoisotopic (exact) mass is 304 g/mol. The van der Waals surface area contributed by atoms with Gasteiger partial charge >= 0.3 is 6.09 Å². The van der Waals surface area contributed by atoms with Crippen molar-refractivity contribution in [3.8, 4) is 11.3 Å². The SMILES string of the molecule is CN1CCN(C(=O)O)CC1c1cc(-c2ccc(F)cc2)n[nH]1. The number of halogens is 1. The molecule has 1 aliphatic heterocycles. The summed E-state index contributed by atoms with van der Waals surface area (Å²) in [6.07, 6.45) is -0.906. The Morgan fingerprint density at radius 1 is 1.36 bits per heavy atom. The molecule has 1 fully saturated rings. The summed E-state index contributed by atoms with van der Waals surface area (Å²) in [5, 5.41) is 16.4. The van der Waals surface area contributed by atoms with Crippen molar-refractivity contribution in [2.75, 3.05) is 26.7 Å². The number of piperazine rings is 1. The Hall–Kier alpha value is -2.41. The fourth-order valence-corrected chi connectivity index (χ4v) is 2.66. The third-order valence-corrected chi connectivity index (χ3v) is 4.02. The van der Waals surface area contributed by atoms with Gasteiger partial charge in [0.25, 0.3) is 0 Å². The normalized spacial score (nSPS) is 19.4. The van der Waals surface area contributed by atoms with Crippen LogP contribution in [0.15, 0.2) is 30.3 Å². The van der Waals surface area contributed by atoms with Gasteiger partial charge in [-0.15, -0.1) is 0 Å². The van der Waals surface area contributed by atoms with Crippen LogP contribution in [-0.2, 0) is 0 Å². The largest absolute Gasteiger partial charge is 0.465 e. The minimum Gasteiger partial charge on any atom is -0.465 e. The van der Waals surface area contributed by atoms with Crippen LogP contribution in [0.3, 0.4) is 0 Å². The Balaban J connectivity index is 1.83. The van der Waals surface area contributed by atoms with Crippen LogP contribution in [0.2, 0.25) is 0 Å². The molecule has 1 atom stereocenters. The van der Waals surface area contributed by atoms with Gasteiger partial charge in [0, 0.05) is 25.2 Å². The van der Waals surface area contributed by atoms with E-state index in [4.69, 9.17) is 5.11 Å². The zero-order valence-electron chi connectivity index (χ0n) is 12.2. The fraction of sp³-hybridized carbons (Fsp3) is 0.333. The fourth-order valence-electron chi connectivity index (χ4n) is 2.66. The van der Waals surface area contributed by atoms with E-state index in [0.29, 0.717) is 19.6 Å². The second-order valence-corrected chi connectivity index (χ2v) is 5.44. The summed E-state index contributed by atoms with van der Waals surface area (Å²) in [5.74, 6) is -0.288. The van der Waals surface area contributed by atoms with E-state index in [1.54, 1.807) is 12.1 Å². The number of benzene rings is 1. The molecule has 7 heteroatoms. The van der Waals surface area contributed by atoms with Crippen LogP contribution in [0.5, 0.6) is 0 Å². The van der Waals surface area contributed by atoms with Gasteiger partial charge in [-0.2, -0.15) is 5.10 Å². The van der Waals surface area contributed by atoms with Gasteiger partial charge < -0.3 is 10.0 Å². The predicted octanol–water partition coefficient (Wildman–Crippen LogP) is 2.18. The molecule has 1 amide bonds. The average Bonchev–Trinajstić information content (AvgIpc) is 2.98. The van der Waals surface area contributed by atoms with E-state index in [9.17, 15) is 9.18 Å². The maximum absolute atomic E-state index is 13.0. The molecular weight excluding hydrogens is 287 g/mol. The number of amides is 1. The van der Waals surface area contributed by atoms with Gasteiger partial charge in [0.2, 0.25) is 0 Å². The number of hydrogen-bond donors (Lipinski definition) is 2. The molecule has 0 bridgehead atoms. The Kier molecular flexibility index (Phi) is 3.81. The van der Waals surface area contributed by atoms with Gasteiger partial charge in [-0.05, 0) is 37.4 Å². The van der Waals surface area contributed by atoms with Crippen LogP contribution in [0.4, 0.5) is 9.18 Å². The van der Waals surface area contributed by atoms with Crippen LogP contribution in [0, 0.1) is 5.82 Å². The number of likely N-dealkylation sites (N-methyl/N-ethyl adjacent to an activating group) is 1. The van der Waals surface area contributed by atoms with E-state index in [1.165, 1.54) is 17.0 Å². The first-order valence-electron chi connectivity index (χ1n) is 7.04. The Labute approximate surface area is 127 Å². The van der Waals surface area contributed by atoms with Crippen LogP contribution in [0.1, 0.15) is 11.7 Å². The van der Waals surface area contributed by atoms with E-state index in [0.717, 1.165) is 17.0 Å². The summed E-state index contributed by atoms with van der Waals surface area (Å²) in [6, 6.07) is 7.95. The Bertz CT molecular complexity index is 670. The van der Waals surface area contributed by atoms with Gasteiger partial charge in [-0.3, -0.25) is 10.00 Å². The van der Waals surface area contributed by atoms with Crippen molar-refractivity contribution in [2.24, 2.45) is 0 Å². The summed E-state index contributed by atoms with van der Waals surface area (Å²) in [6.45, 7) is 1.57. The molecule has 1 aliphatic rings. The highest BCUT2D eigenvalue weighted by atomic mass is 19.1. The lowest BCUT2D eigenvalue weighted by atomic mass is 10.1. The van der Waals surface area contributed by atoms with Crippen molar-refractivity contribution in [2.45, 2.75) is 6.04 Å². The maximum atomic E-state index is 13.0. The van der Waals surface area contributed by atoms with Crippen molar-refractivity contribution >= 4 is 6.09 Å². The molecule has 2 N–H and O–H groups in total. The number of nitrogens with one attached hydrogen (secondary N) is 1. The number of H-pyrrole nitrogens is 1. The number of carboxylic acid groups (broad SMARTS) is 1. The molecule has 2 heterocycles. The number of carbonyl (C=O) groups is 1. The van der Waals surface area contributed by atoms with Crippen LogP contribution in [-0.4, -0.2) is 57.9 Å². The third kappa shape index (κ3) is 2.80. The minimum atomic E-state index is -0.906. The van der Waals surface area contributed by atoms with E-state index < -0.39 is 6.09 Å². The summed E-state index contributed by atoms with van der Waals surface area (Å²) >= 11 is 0. The standard InChI is InChI=1S/C15H17FN4O2/c1-19-6-7-20(15(21)22)9-14(19)13-8-12(17-18-13)10-2-4-11(16)5-3-10/h2-5,8,14H,6-7,9H2,1H3,(H,17,18)(H,21,22). The van der Waals surface area contributed by atoms with Crippen molar-refractivity contribution in [3.63, 3.8) is 0 Å². The molecule has 22 heavy (non-hydrogen) atoms. The highest BCUT2D eigenvalue weighted by molar-refractivity contribution is 5.65. The first-order valence-corrected chi connectivity index (χ1v) is 7.04. The van der Waals surface area contributed by atoms with Gasteiger partial charge in [0.1, 0.15) is 5.82 Å². The Morgan fingerprint density at radius 2 is 2.09 bits per heavy atom. The van der Waals surface area contributed by atoms with E-state index in [1.807, 2.05) is 13.1 Å². The zero-order valence-corrected chi connectivity index (χ0v) is 12.2. The van der Waals surface area contributed by atoms with Crippen LogP contribution < -0.4 is 0 Å². The molecule has 6 nitrogen and oxygen atoms in total. The van der Waals surface area contributed by atoms with Gasteiger partial charge in [-0.25, -0.2) is 9.18 Å². The quantitative estimate of drug-likeness (QED) is 0.892. The number of rotatable bonds is 2. The number of hydrogen-bond acceptors (Lipinski definition) is 3. The van der Waals surface area contributed by atoms with Gasteiger partial charge in [0.05, 0.1) is 17.4 Å². The first-order chi connectivity index (χ1) is 10.5. The molecule has 2 aromatic rings. The number of nitrogens with zero attached hydrogens (tertiary/aromatic N) is 3. The second-order valence-electron chi connectivity index (χ2n) is 5.44. The van der Waals surface area contributed by atoms with Crippen LogP contribution in [0.25, 0.3) is 11.3 Å². The van der Waals surface area contributed by atoms with Crippen molar-refractivity contribution in [1.82, 2.24) is 20.0 Å². The molecule has 116 valence electrons. The molecule has 3 rings (SSSR count). The topological polar surface area (TPSA) is 72.5 Å². The van der Waals surface area contributed by atoms with E-state index >= 15 is 0 Å².